The molecule has 56 valence electrons. The van der Waals surface area contributed by atoms with E-state index >= 15 is 0 Å². The van der Waals surface area contributed by atoms with Crippen molar-refractivity contribution >= 4 is 21.7 Å². The van der Waals surface area contributed by atoms with E-state index in [1.54, 1.807) is 0 Å². The Kier molecular flexibility index (Phi) is 1.59. The Morgan fingerprint density at radius 1 is 1.30 bits per heavy atom. The fourth-order valence-corrected chi connectivity index (χ4v) is 3.11. The summed E-state index contributed by atoms with van der Waals surface area (Å²) >= 11 is 3.42. The van der Waals surface area contributed by atoms with E-state index in [9.17, 15) is 4.79 Å². The van der Waals surface area contributed by atoms with Crippen LogP contribution in [0.2, 0.25) is 0 Å². The third-order valence-electron chi connectivity index (χ3n) is 2.79. The van der Waals surface area contributed by atoms with Crippen molar-refractivity contribution < 1.29 is 4.79 Å². The maximum absolute atomic E-state index is 11.3. The van der Waals surface area contributed by atoms with Gasteiger partial charge in [-0.1, -0.05) is 15.9 Å². The van der Waals surface area contributed by atoms with Gasteiger partial charge in [0.1, 0.15) is 5.78 Å². The lowest BCUT2D eigenvalue weighted by atomic mass is 9.88. The Labute approximate surface area is 69.3 Å². The molecule has 0 aromatic heterocycles. The molecule has 10 heavy (non-hydrogen) atoms. The van der Waals surface area contributed by atoms with Gasteiger partial charge < -0.3 is 0 Å². The SMILES string of the molecule is O=C1C(Br)CC2CCC1C2. The Hall–Kier alpha value is 0.150. The van der Waals surface area contributed by atoms with E-state index in [2.05, 4.69) is 15.9 Å². The zero-order valence-corrected chi connectivity index (χ0v) is 7.43. The predicted molar refractivity (Wildman–Crippen MR) is 43.2 cm³/mol. The van der Waals surface area contributed by atoms with Gasteiger partial charge in [-0.05, 0) is 31.6 Å². The highest BCUT2D eigenvalue weighted by Gasteiger charge is 2.39. The quantitative estimate of drug-likeness (QED) is 0.551. The van der Waals surface area contributed by atoms with E-state index < -0.39 is 0 Å². The zero-order valence-electron chi connectivity index (χ0n) is 5.85. The fraction of sp³-hybridized carbons (Fsp3) is 0.875. The van der Waals surface area contributed by atoms with Gasteiger partial charge in [-0.2, -0.15) is 0 Å². The number of Topliss-reactive ketones (excluding diaryl/α,β-unsaturated/α-hetero) is 1. The maximum atomic E-state index is 11.3. The first-order chi connectivity index (χ1) is 4.77. The summed E-state index contributed by atoms with van der Waals surface area (Å²) in [4.78, 5) is 11.5. The average Bonchev–Trinajstić information content (AvgIpc) is 2.29. The summed E-state index contributed by atoms with van der Waals surface area (Å²) in [6, 6.07) is 0. The molecule has 2 bridgehead atoms. The highest BCUT2D eigenvalue weighted by molar-refractivity contribution is 9.10. The summed E-state index contributed by atoms with van der Waals surface area (Å²) in [6.45, 7) is 0. The molecule has 0 saturated heterocycles. The summed E-state index contributed by atoms with van der Waals surface area (Å²) in [5, 5.41) is 0. The van der Waals surface area contributed by atoms with Crippen molar-refractivity contribution in [3.05, 3.63) is 0 Å². The molecule has 1 nitrogen and oxygen atoms in total. The van der Waals surface area contributed by atoms with E-state index in [1.807, 2.05) is 0 Å². The molecule has 3 atom stereocenters. The van der Waals surface area contributed by atoms with Crippen molar-refractivity contribution in [1.82, 2.24) is 0 Å². The standard InChI is InChI=1S/C8H11BrO/c9-7-4-5-1-2-6(3-5)8(7)10/h5-7H,1-4H2. The topological polar surface area (TPSA) is 17.1 Å². The minimum atomic E-state index is 0.193. The highest BCUT2D eigenvalue weighted by atomic mass is 79.9. The summed E-state index contributed by atoms with van der Waals surface area (Å²) in [5.74, 6) is 1.74. The molecule has 2 rings (SSSR count). The average molecular weight is 203 g/mol. The van der Waals surface area contributed by atoms with Crippen molar-refractivity contribution in [1.29, 1.82) is 0 Å². The molecule has 2 saturated carbocycles. The number of carbonyl (C=O) groups is 1. The lowest BCUT2D eigenvalue weighted by Gasteiger charge is -2.21. The first kappa shape index (κ1) is 6.84. The van der Waals surface area contributed by atoms with Crippen molar-refractivity contribution in [3.8, 4) is 0 Å². The Morgan fingerprint density at radius 2 is 2.10 bits per heavy atom. The number of rotatable bonds is 0. The predicted octanol–water partition coefficient (Wildman–Crippen LogP) is 2.14. The van der Waals surface area contributed by atoms with Crippen LogP contribution in [0.25, 0.3) is 0 Å². The van der Waals surface area contributed by atoms with Crippen LogP contribution in [-0.2, 0) is 4.79 Å². The van der Waals surface area contributed by atoms with Crippen LogP contribution in [0.1, 0.15) is 25.7 Å². The molecule has 0 heterocycles. The van der Waals surface area contributed by atoms with Gasteiger partial charge in [0.05, 0.1) is 4.83 Å². The van der Waals surface area contributed by atoms with Crippen LogP contribution in [0.5, 0.6) is 0 Å². The third kappa shape index (κ3) is 0.931. The van der Waals surface area contributed by atoms with Crippen LogP contribution < -0.4 is 0 Å². The van der Waals surface area contributed by atoms with Crippen molar-refractivity contribution in [3.63, 3.8) is 0 Å². The second kappa shape index (κ2) is 2.33. The van der Waals surface area contributed by atoms with Crippen LogP contribution in [0.4, 0.5) is 0 Å². The van der Waals surface area contributed by atoms with Gasteiger partial charge in [0.15, 0.2) is 0 Å². The summed E-state index contributed by atoms with van der Waals surface area (Å²) in [7, 11) is 0. The number of ketones is 1. The summed E-state index contributed by atoms with van der Waals surface area (Å²) in [5.41, 5.74) is 0. The zero-order chi connectivity index (χ0) is 7.14. The largest absolute Gasteiger partial charge is 0.298 e. The molecule has 2 aliphatic rings. The lowest BCUT2D eigenvalue weighted by molar-refractivity contribution is -0.123. The van der Waals surface area contributed by atoms with Crippen LogP contribution >= 0.6 is 15.9 Å². The molecule has 0 aromatic carbocycles. The molecule has 0 N–H and O–H groups in total. The second-order valence-electron chi connectivity index (χ2n) is 3.48. The van der Waals surface area contributed by atoms with Gasteiger partial charge in [0.2, 0.25) is 0 Å². The molecule has 0 radical (unpaired) electrons. The van der Waals surface area contributed by atoms with Crippen molar-refractivity contribution in [2.75, 3.05) is 0 Å². The van der Waals surface area contributed by atoms with Gasteiger partial charge >= 0.3 is 0 Å². The highest BCUT2D eigenvalue weighted by Crippen LogP contribution is 2.41. The van der Waals surface area contributed by atoms with E-state index in [0.29, 0.717) is 11.7 Å². The van der Waals surface area contributed by atoms with Gasteiger partial charge in [0, 0.05) is 5.92 Å². The molecule has 0 spiro atoms. The number of halogens is 1. The number of hydrogen-bond acceptors (Lipinski definition) is 1. The molecular weight excluding hydrogens is 192 g/mol. The number of hydrogen-bond donors (Lipinski definition) is 0. The molecule has 0 amide bonds. The molecule has 2 heteroatoms. The summed E-state index contributed by atoms with van der Waals surface area (Å²) < 4.78 is 0. The van der Waals surface area contributed by atoms with Crippen molar-refractivity contribution in [2.24, 2.45) is 11.8 Å². The van der Waals surface area contributed by atoms with Crippen molar-refractivity contribution in [2.45, 2.75) is 30.5 Å². The number of carbonyl (C=O) groups excluding carboxylic acids is 1. The number of alkyl halides is 1. The molecule has 0 aliphatic heterocycles. The van der Waals surface area contributed by atoms with Gasteiger partial charge in [-0.25, -0.2) is 0 Å². The molecule has 2 fully saturated rings. The normalized spacial score (nSPS) is 46.1. The van der Waals surface area contributed by atoms with E-state index in [0.717, 1.165) is 18.8 Å². The van der Waals surface area contributed by atoms with Crippen LogP contribution in [0.15, 0.2) is 0 Å². The molecule has 2 aliphatic carbocycles. The smallest absolute Gasteiger partial charge is 0.149 e. The van der Waals surface area contributed by atoms with Gasteiger partial charge in [-0.15, -0.1) is 0 Å². The van der Waals surface area contributed by atoms with Crippen LogP contribution in [0.3, 0.4) is 0 Å². The monoisotopic (exact) mass is 202 g/mol. The maximum Gasteiger partial charge on any atom is 0.149 e. The van der Waals surface area contributed by atoms with E-state index in [1.165, 1.54) is 12.8 Å². The Bertz CT molecular complexity index is 167. The van der Waals surface area contributed by atoms with Gasteiger partial charge in [-0.3, -0.25) is 4.79 Å². The fourth-order valence-electron chi connectivity index (χ4n) is 2.21. The lowest BCUT2D eigenvalue weighted by Crippen LogP contribution is -2.27. The van der Waals surface area contributed by atoms with E-state index in [4.69, 9.17) is 0 Å². The Balaban J connectivity index is 2.17. The second-order valence-corrected chi connectivity index (χ2v) is 4.59. The minimum Gasteiger partial charge on any atom is -0.298 e. The third-order valence-corrected chi connectivity index (χ3v) is 3.62. The van der Waals surface area contributed by atoms with E-state index in [-0.39, 0.29) is 4.83 Å². The van der Waals surface area contributed by atoms with Crippen LogP contribution in [0, 0.1) is 11.8 Å². The van der Waals surface area contributed by atoms with Gasteiger partial charge in [0.25, 0.3) is 0 Å². The van der Waals surface area contributed by atoms with Crippen LogP contribution in [-0.4, -0.2) is 10.6 Å². The summed E-state index contributed by atoms with van der Waals surface area (Å²) in [6.07, 6.45) is 4.72. The minimum absolute atomic E-state index is 0.193. The first-order valence-electron chi connectivity index (χ1n) is 3.95. The first-order valence-corrected chi connectivity index (χ1v) is 4.86. The number of fused-ring (bicyclic) bond motifs is 2. The molecule has 3 unspecified atom stereocenters. The molecule has 0 aromatic rings. The molecular formula is C8H11BrO. The Morgan fingerprint density at radius 3 is 2.90 bits per heavy atom.